The molecule has 0 heterocycles. The Morgan fingerprint density at radius 2 is 1.95 bits per heavy atom. The average molecular weight is 260 g/mol. The van der Waals surface area contributed by atoms with Crippen molar-refractivity contribution in [2.24, 2.45) is 0 Å². The molecule has 1 aromatic rings. The van der Waals surface area contributed by atoms with E-state index < -0.39 is 0 Å². The van der Waals surface area contributed by atoms with E-state index in [0.717, 1.165) is 37.2 Å². The number of amides is 1. The zero-order valence-electron chi connectivity index (χ0n) is 12.0. The number of nitrogens with zero attached hydrogens (tertiary/aromatic N) is 1. The van der Waals surface area contributed by atoms with Gasteiger partial charge in [0.25, 0.3) is 5.91 Å². The zero-order chi connectivity index (χ0) is 13.7. The van der Waals surface area contributed by atoms with Crippen LogP contribution in [0.2, 0.25) is 0 Å². The number of carbonyl (C=O) groups excluding carboxylic acids is 1. The van der Waals surface area contributed by atoms with Crippen LogP contribution < -0.4 is 5.32 Å². The monoisotopic (exact) mass is 260 g/mol. The fraction of sp³-hybridized carbons (Fsp3) is 0.562. The molecule has 19 heavy (non-hydrogen) atoms. The van der Waals surface area contributed by atoms with Crippen LogP contribution in [0, 0.1) is 0 Å². The third kappa shape index (κ3) is 3.09. The van der Waals surface area contributed by atoms with Crippen LogP contribution in [0.3, 0.4) is 0 Å². The molecule has 1 aliphatic carbocycles. The van der Waals surface area contributed by atoms with E-state index >= 15 is 0 Å². The van der Waals surface area contributed by atoms with Crippen LogP contribution in [0.5, 0.6) is 0 Å². The first-order valence-electron chi connectivity index (χ1n) is 7.41. The van der Waals surface area contributed by atoms with Gasteiger partial charge in [0.2, 0.25) is 0 Å². The molecule has 1 N–H and O–H groups in total. The molecule has 1 amide bonds. The largest absolute Gasteiger partial charge is 0.385 e. The minimum atomic E-state index is 0.172. The van der Waals surface area contributed by atoms with E-state index in [9.17, 15) is 4.79 Å². The predicted molar refractivity (Wildman–Crippen MR) is 79.6 cm³/mol. The van der Waals surface area contributed by atoms with Gasteiger partial charge in [-0.15, -0.1) is 0 Å². The number of rotatable bonds is 5. The molecule has 0 atom stereocenters. The van der Waals surface area contributed by atoms with E-state index in [1.54, 1.807) is 0 Å². The van der Waals surface area contributed by atoms with Gasteiger partial charge < -0.3 is 10.2 Å². The van der Waals surface area contributed by atoms with Crippen LogP contribution in [0.25, 0.3) is 0 Å². The smallest absolute Gasteiger partial charge is 0.256 e. The molecular weight excluding hydrogens is 236 g/mol. The SMILES string of the molecule is CCNc1ccccc1C(=O)N(CC)C1CCCC1. The van der Waals surface area contributed by atoms with Crippen LogP contribution in [-0.4, -0.2) is 29.9 Å². The first-order valence-corrected chi connectivity index (χ1v) is 7.41. The molecule has 0 spiro atoms. The van der Waals surface area contributed by atoms with E-state index in [1.165, 1.54) is 12.8 Å². The van der Waals surface area contributed by atoms with Crippen LogP contribution in [0.1, 0.15) is 49.9 Å². The van der Waals surface area contributed by atoms with Crippen molar-refractivity contribution in [2.45, 2.75) is 45.6 Å². The maximum absolute atomic E-state index is 12.7. The number of hydrogen-bond donors (Lipinski definition) is 1. The Morgan fingerprint density at radius 1 is 1.26 bits per heavy atom. The highest BCUT2D eigenvalue weighted by Crippen LogP contribution is 2.26. The van der Waals surface area contributed by atoms with Gasteiger partial charge in [-0.3, -0.25) is 4.79 Å². The highest BCUT2D eigenvalue weighted by Gasteiger charge is 2.27. The topological polar surface area (TPSA) is 32.3 Å². The predicted octanol–water partition coefficient (Wildman–Crippen LogP) is 3.52. The van der Waals surface area contributed by atoms with Crippen molar-refractivity contribution >= 4 is 11.6 Å². The molecule has 0 radical (unpaired) electrons. The van der Waals surface area contributed by atoms with Gasteiger partial charge >= 0.3 is 0 Å². The lowest BCUT2D eigenvalue weighted by molar-refractivity contribution is 0.0694. The maximum atomic E-state index is 12.7. The summed E-state index contributed by atoms with van der Waals surface area (Å²) in [5.41, 5.74) is 1.75. The quantitative estimate of drug-likeness (QED) is 0.878. The number of anilines is 1. The molecule has 1 aromatic carbocycles. The lowest BCUT2D eigenvalue weighted by Crippen LogP contribution is -2.38. The van der Waals surface area contributed by atoms with Crippen molar-refractivity contribution in [2.75, 3.05) is 18.4 Å². The number of nitrogens with one attached hydrogen (secondary N) is 1. The lowest BCUT2D eigenvalue weighted by atomic mass is 10.1. The molecule has 0 unspecified atom stereocenters. The van der Waals surface area contributed by atoms with E-state index in [1.807, 2.05) is 29.2 Å². The van der Waals surface area contributed by atoms with E-state index in [0.29, 0.717) is 6.04 Å². The van der Waals surface area contributed by atoms with Gasteiger partial charge in [0.15, 0.2) is 0 Å². The van der Waals surface area contributed by atoms with Crippen molar-refractivity contribution in [1.29, 1.82) is 0 Å². The third-order valence-corrected chi connectivity index (χ3v) is 3.89. The number of hydrogen-bond acceptors (Lipinski definition) is 2. The van der Waals surface area contributed by atoms with Gasteiger partial charge in [0.05, 0.1) is 5.56 Å². The Hall–Kier alpha value is -1.51. The van der Waals surface area contributed by atoms with Gasteiger partial charge in [-0.25, -0.2) is 0 Å². The first-order chi connectivity index (χ1) is 9.27. The van der Waals surface area contributed by atoms with Crippen LogP contribution >= 0.6 is 0 Å². The molecule has 1 fully saturated rings. The number of carbonyl (C=O) groups is 1. The Kier molecular flexibility index (Phi) is 4.83. The molecular formula is C16H24N2O. The molecule has 3 heteroatoms. The van der Waals surface area contributed by atoms with Gasteiger partial charge in [-0.05, 0) is 38.8 Å². The summed E-state index contributed by atoms with van der Waals surface area (Å²) in [5.74, 6) is 0.172. The average Bonchev–Trinajstić information content (AvgIpc) is 2.94. The molecule has 1 aliphatic rings. The van der Waals surface area contributed by atoms with Crippen molar-refractivity contribution < 1.29 is 4.79 Å². The second kappa shape index (κ2) is 6.60. The van der Waals surface area contributed by atoms with Crippen LogP contribution in [-0.2, 0) is 0 Å². The third-order valence-electron chi connectivity index (χ3n) is 3.89. The summed E-state index contributed by atoms with van der Waals surface area (Å²) in [7, 11) is 0. The van der Waals surface area contributed by atoms with Crippen molar-refractivity contribution in [3.63, 3.8) is 0 Å². The van der Waals surface area contributed by atoms with Gasteiger partial charge in [0, 0.05) is 24.8 Å². The Bertz CT molecular complexity index is 425. The van der Waals surface area contributed by atoms with Gasteiger partial charge in [0.1, 0.15) is 0 Å². The summed E-state index contributed by atoms with van der Waals surface area (Å²) in [6.07, 6.45) is 4.82. The maximum Gasteiger partial charge on any atom is 0.256 e. The minimum Gasteiger partial charge on any atom is -0.385 e. The summed E-state index contributed by atoms with van der Waals surface area (Å²) >= 11 is 0. The normalized spacial score (nSPS) is 15.5. The van der Waals surface area contributed by atoms with Crippen LogP contribution in [0.4, 0.5) is 5.69 Å². The summed E-state index contributed by atoms with van der Waals surface area (Å²) in [5, 5.41) is 3.28. The van der Waals surface area contributed by atoms with E-state index in [4.69, 9.17) is 0 Å². The second-order valence-electron chi connectivity index (χ2n) is 5.11. The Labute approximate surface area is 116 Å². The lowest BCUT2D eigenvalue weighted by Gasteiger charge is -2.28. The molecule has 0 saturated heterocycles. The minimum absolute atomic E-state index is 0.172. The molecule has 0 bridgehead atoms. The van der Waals surface area contributed by atoms with Crippen LogP contribution in [0.15, 0.2) is 24.3 Å². The molecule has 0 aromatic heterocycles. The van der Waals surface area contributed by atoms with Gasteiger partial charge in [-0.2, -0.15) is 0 Å². The summed E-state index contributed by atoms with van der Waals surface area (Å²) in [6.45, 7) is 5.76. The van der Waals surface area contributed by atoms with E-state index in [2.05, 4.69) is 19.2 Å². The summed E-state index contributed by atoms with van der Waals surface area (Å²) < 4.78 is 0. The van der Waals surface area contributed by atoms with E-state index in [-0.39, 0.29) is 5.91 Å². The molecule has 1 saturated carbocycles. The van der Waals surface area contributed by atoms with Crippen molar-refractivity contribution in [3.05, 3.63) is 29.8 Å². The highest BCUT2D eigenvalue weighted by atomic mass is 16.2. The van der Waals surface area contributed by atoms with Gasteiger partial charge in [-0.1, -0.05) is 25.0 Å². The van der Waals surface area contributed by atoms with Crippen molar-refractivity contribution in [1.82, 2.24) is 4.90 Å². The highest BCUT2D eigenvalue weighted by molar-refractivity contribution is 5.99. The Balaban J connectivity index is 2.21. The first kappa shape index (κ1) is 13.9. The fourth-order valence-electron chi connectivity index (χ4n) is 2.95. The molecule has 2 rings (SSSR count). The fourth-order valence-corrected chi connectivity index (χ4v) is 2.95. The molecule has 104 valence electrons. The number of benzene rings is 1. The van der Waals surface area contributed by atoms with Crippen molar-refractivity contribution in [3.8, 4) is 0 Å². The standard InChI is InChI=1S/C16H24N2O/c1-3-17-15-12-8-7-11-14(15)16(19)18(4-2)13-9-5-6-10-13/h7-8,11-13,17H,3-6,9-10H2,1-2H3. The molecule has 0 aliphatic heterocycles. The molecule has 3 nitrogen and oxygen atoms in total. The summed E-state index contributed by atoms with van der Waals surface area (Å²) in [4.78, 5) is 14.8. The summed E-state index contributed by atoms with van der Waals surface area (Å²) in [6, 6.07) is 8.26. The Morgan fingerprint density at radius 3 is 2.58 bits per heavy atom. The second-order valence-corrected chi connectivity index (χ2v) is 5.11. The zero-order valence-corrected chi connectivity index (χ0v) is 12.0. The number of para-hydroxylation sites is 1.